The average Bonchev–Trinajstić information content (AvgIpc) is 2.19. The standard InChI is InChI=1S/C11H13N3/c1-3-9-13-10-7(2)5-4-6-8(10)11(12)14-9/h4-6H,3H2,1-2H3,(H2,12,13,14). The van der Waals surface area contributed by atoms with Gasteiger partial charge in [0.05, 0.1) is 5.52 Å². The van der Waals surface area contributed by atoms with Crippen LogP contribution >= 0.6 is 0 Å². The third kappa shape index (κ3) is 1.31. The number of para-hydroxylation sites is 1. The van der Waals surface area contributed by atoms with Crippen molar-refractivity contribution in [2.24, 2.45) is 0 Å². The van der Waals surface area contributed by atoms with Gasteiger partial charge in [-0.1, -0.05) is 19.1 Å². The summed E-state index contributed by atoms with van der Waals surface area (Å²) in [6.07, 6.45) is 0.814. The van der Waals surface area contributed by atoms with E-state index in [-0.39, 0.29) is 0 Å². The van der Waals surface area contributed by atoms with Gasteiger partial charge in [-0.2, -0.15) is 0 Å². The summed E-state index contributed by atoms with van der Waals surface area (Å²) in [5, 5.41) is 0.946. The molecule has 0 saturated heterocycles. The predicted molar refractivity (Wildman–Crippen MR) is 58.1 cm³/mol. The van der Waals surface area contributed by atoms with Crippen LogP contribution in [-0.4, -0.2) is 9.97 Å². The Kier molecular flexibility index (Phi) is 2.08. The van der Waals surface area contributed by atoms with Crippen LogP contribution in [0.5, 0.6) is 0 Å². The molecule has 3 heteroatoms. The lowest BCUT2D eigenvalue weighted by Crippen LogP contribution is -2.00. The van der Waals surface area contributed by atoms with Gasteiger partial charge in [0.2, 0.25) is 0 Å². The van der Waals surface area contributed by atoms with Gasteiger partial charge in [-0.25, -0.2) is 9.97 Å². The molecule has 0 atom stereocenters. The molecule has 0 unspecified atom stereocenters. The second kappa shape index (κ2) is 3.25. The first-order chi connectivity index (χ1) is 6.72. The van der Waals surface area contributed by atoms with Crippen molar-refractivity contribution in [1.29, 1.82) is 0 Å². The molecule has 2 N–H and O–H groups in total. The molecule has 0 aliphatic carbocycles. The summed E-state index contributed by atoms with van der Waals surface area (Å²) in [7, 11) is 0. The van der Waals surface area contributed by atoms with E-state index in [1.165, 1.54) is 0 Å². The van der Waals surface area contributed by atoms with Gasteiger partial charge in [-0.15, -0.1) is 0 Å². The number of fused-ring (bicyclic) bond motifs is 1. The van der Waals surface area contributed by atoms with E-state index < -0.39 is 0 Å². The molecule has 0 radical (unpaired) electrons. The van der Waals surface area contributed by atoms with Crippen molar-refractivity contribution in [2.75, 3.05) is 5.73 Å². The van der Waals surface area contributed by atoms with Crippen LogP contribution in [-0.2, 0) is 6.42 Å². The quantitative estimate of drug-likeness (QED) is 0.743. The summed E-state index contributed by atoms with van der Waals surface area (Å²) in [4.78, 5) is 8.69. The molecule has 0 saturated carbocycles. The van der Waals surface area contributed by atoms with Crippen molar-refractivity contribution in [3.8, 4) is 0 Å². The van der Waals surface area contributed by atoms with Crippen LogP contribution < -0.4 is 5.73 Å². The zero-order valence-electron chi connectivity index (χ0n) is 8.41. The Morgan fingerprint density at radius 1 is 1.29 bits per heavy atom. The van der Waals surface area contributed by atoms with Crippen LogP contribution in [0.25, 0.3) is 10.9 Å². The van der Waals surface area contributed by atoms with Gasteiger partial charge in [-0.05, 0) is 18.6 Å². The number of hydrogen-bond donors (Lipinski definition) is 1. The summed E-state index contributed by atoms with van der Waals surface area (Å²) in [6, 6.07) is 5.97. The topological polar surface area (TPSA) is 51.8 Å². The minimum Gasteiger partial charge on any atom is -0.383 e. The van der Waals surface area contributed by atoms with Crippen molar-refractivity contribution in [3.63, 3.8) is 0 Å². The Morgan fingerprint density at radius 3 is 2.79 bits per heavy atom. The van der Waals surface area contributed by atoms with E-state index in [1.807, 2.05) is 32.0 Å². The van der Waals surface area contributed by atoms with Crippen LogP contribution in [0.2, 0.25) is 0 Å². The van der Waals surface area contributed by atoms with Crippen LogP contribution in [0.15, 0.2) is 18.2 Å². The van der Waals surface area contributed by atoms with Crippen molar-refractivity contribution in [1.82, 2.24) is 9.97 Å². The summed E-state index contributed by atoms with van der Waals surface area (Å²) in [6.45, 7) is 4.06. The fraction of sp³-hybridized carbons (Fsp3) is 0.273. The first-order valence-electron chi connectivity index (χ1n) is 4.74. The van der Waals surface area contributed by atoms with Crippen LogP contribution in [0, 0.1) is 6.92 Å². The molecule has 0 aliphatic rings. The molecule has 0 spiro atoms. The summed E-state index contributed by atoms with van der Waals surface area (Å²) in [5.41, 5.74) is 7.96. The van der Waals surface area contributed by atoms with Gasteiger partial charge < -0.3 is 5.73 Å². The first-order valence-corrected chi connectivity index (χ1v) is 4.74. The zero-order chi connectivity index (χ0) is 10.1. The molecule has 1 heterocycles. The van der Waals surface area contributed by atoms with Gasteiger partial charge in [0.25, 0.3) is 0 Å². The van der Waals surface area contributed by atoms with E-state index in [1.54, 1.807) is 0 Å². The summed E-state index contributed by atoms with van der Waals surface area (Å²) >= 11 is 0. The highest BCUT2D eigenvalue weighted by Crippen LogP contribution is 2.20. The molecule has 0 aliphatic heterocycles. The number of aryl methyl sites for hydroxylation is 2. The van der Waals surface area contributed by atoms with Gasteiger partial charge >= 0.3 is 0 Å². The Morgan fingerprint density at radius 2 is 2.07 bits per heavy atom. The van der Waals surface area contributed by atoms with Crippen LogP contribution in [0.4, 0.5) is 5.82 Å². The molecule has 3 nitrogen and oxygen atoms in total. The molecular formula is C11H13N3. The highest BCUT2D eigenvalue weighted by atomic mass is 14.9. The van der Waals surface area contributed by atoms with E-state index in [9.17, 15) is 0 Å². The van der Waals surface area contributed by atoms with Gasteiger partial charge in [0.15, 0.2) is 0 Å². The predicted octanol–water partition coefficient (Wildman–Crippen LogP) is 2.08. The molecule has 1 aromatic heterocycles. The number of nitrogens with two attached hydrogens (primary N) is 1. The Labute approximate surface area is 83.0 Å². The Balaban J connectivity index is 2.83. The third-order valence-electron chi connectivity index (χ3n) is 2.32. The number of hydrogen-bond acceptors (Lipinski definition) is 3. The molecule has 14 heavy (non-hydrogen) atoms. The normalized spacial score (nSPS) is 10.7. The number of nitrogen functional groups attached to an aromatic ring is 1. The number of rotatable bonds is 1. The fourth-order valence-corrected chi connectivity index (χ4v) is 1.53. The van der Waals surface area contributed by atoms with Gasteiger partial charge in [0.1, 0.15) is 11.6 Å². The monoisotopic (exact) mass is 187 g/mol. The Hall–Kier alpha value is -1.64. The zero-order valence-corrected chi connectivity index (χ0v) is 8.41. The molecule has 2 rings (SSSR count). The van der Waals surface area contributed by atoms with E-state index in [0.717, 1.165) is 28.7 Å². The lowest BCUT2D eigenvalue weighted by molar-refractivity contribution is 0.964. The fourth-order valence-electron chi connectivity index (χ4n) is 1.53. The van der Waals surface area contributed by atoms with E-state index >= 15 is 0 Å². The summed E-state index contributed by atoms with van der Waals surface area (Å²) in [5.74, 6) is 1.39. The molecule has 0 bridgehead atoms. The second-order valence-corrected chi connectivity index (χ2v) is 3.35. The van der Waals surface area contributed by atoms with E-state index in [0.29, 0.717) is 5.82 Å². The lowest BCUT2D eigenvalue weighted by atomic mass is 10.1. The molecule has 0 amide bonds. The van der Waals surface area contributed by atoms with Gasteiger partial charge in [-0.3, -0.25) is 0 Å². The maximum absolute atomic E-state index is 5.85. The van der Waals surface area contributed by atoms with E-state index in [2.05, 4.69) is 9.97 Å². The molecule has 0 fully saturated rings. The number of aromatic nitrogens is 2. The highest BCUT2D eigenvalue weighted by Gasteiger charge is 2.04. The smallest absolute Gasteiger partial charge is 0.135 e. The largest absolute Gasteiger partial charge is 0.383 e. The minimum absolute atomic E-state index is 0.579. The van der Waals surface area contributed by atoms with Crippen molar-refractivity contribution in [2.45, 2.75) is 20.3 Å². The minimum atomic E-state index is 0.579. The second-order valence-electron chi connectivity index (χ2n) is 3.35. The Bertz CT molecular complexity index is 477. The summed E-state index contributed by atoms with van der Waals surface area (Å²) < 4.78 is 0. The average molecular weight is 187 g/mol. The maximum Gasteiger partial charge on any atom is 0.135 e. The molecular weight excluding hydrogens is 174 g/mol. The van der Waals surface area contributed by atoms with Crippen LogP contribution in [0.3, 0.4) is 0 Å². The molecule has 2 aromatic rings. The number of nitrogens with zero attached hydrogens (tertiary/aromatic N) is 2. The maximum atomic E-state index is 5.85. The van der Waals surface area contributed by atoms with E-state index in [4.69, 9.17) is 5.73 Å². The number of anilines is 1. The lowest BCUT2D eigenvalue weighted by Gasteiger charge is -2.05. The van der Waals surface area contributed by atoms with Crippen LogP contribution in [0.1, 0.15) is 18.3 Å². The third-order valence-corrected chi connectivity index (χ3v) is 2.32. The number of benzene rings is 1. The van der Waals surface area contributed by atoms with Gasteiger partial charge in [0, 0.05) is 11.8 Å². The van der Waals surface area contributed by atoms with Crippen molar-refractivity contribution in [3.05, 3.63) is 29.6 Å². The highest BCUT2D eigenvalue weighted by molar-refractivity contribution is 5.90. The SMILES string of the molecule is CCc1nc(N)c2cccc(C)c2n1. The van der Waals surface area contributed by atoms with Crippen molar-refractivity contribution < 1.29 is 0 Å². The molecule has 1 aromatic carbocycles. The molecule has 72 valence electrons. The first kappa shape index (κ1) is 8.94. The van der Waals surface area contributed by atoms with Crippen molar-refractivity contribution >= 4 is 16.7 Å².